The summed E-state index contributed by atoms with van der Waals surface area (Å²) in [6, 6.07) is 16.6. The van der Waals surface area contributed by atoms with Gasteiger partial charge in [0.25, 0.3) is 0 Å². The molecular weight excluding hydrogens is 450 g/mol. The van der Waals surface area contributed by atoms with Crippen LogP contribution in [0.15, 0.2) is 54.9 Å². The Labute approximate surface area is 212 Å². The molecule has 2 aromatic carbocycles. The molecule has 3 heterocycles. The van der Waals surface area contributed by atoms with Gasteiger partial charge in [-0.15, -0.1) is 0 Å². The van der Waals surface area contributed by atoms with Crippen molar-refractivity contribution in [1.29, 1.82) is 0 Å². The zero-order valence-electron chi connectivity index (χ0n) is 21.4. The normalized spacial score (nSPS) is 15.4. The zero-order chi connectivity index (χ0) is 25.1. The number of aromatic nitrogens is 4. The molecule has 0 aliphatic carbocycles. The van der Waals surface area contributed by atoms with Gasteiger partial charge in [-0.05, 0) is 43.2 Å². The van der Waals surface area contributed by atoms with E-state index in [1.54, 1.807) is 6.33 Å². The predicted molar refractivity (Wildman–Crippen MR) is 145 cm³/mol. The minimum absolute atomic E-state index is 0.406. The number of hydrogen-bond acceptors (Lipinski definition) is 7. The van der Waals surface area contributed by atoms with E-state index in [1.807, 2.05) is 18.2 Å². The second-order valence-corrected chi connectivity index (χ2v) is 9.49. The van der Waals surface area contributed by atoms with Gasteiger partial charge in [0.2, 0.25) is 0 Å². The third-order valence-corrected chi connectivity index (χ3v) is 7.11. The van der Waals surface area contributed by atoms with Crippen molar-refractivity contribution in [1.82, 2.24) is 24.4 Å². The molecule has 2 N–H and O–H groups in total. The maximum atomic E-state index is 10.8. The smallest absolute Gasteiger partial charge is 0.170 e. The summed E-state index contributed by atoms with van der Waals surface area (Å²) in [5.41, 5.74) is 6.54. The number of fused-ring (bicyclic) bond motifs is 1. The van der Waals surface area contributed by atoms with E-state index in [2.05, 4.69) is 80.8 Å². The van der Waals surface area contributed by atoms with Crippen molar-refractivity contribution in [2.24, 2.45) is 0 Å². The minimum atomic E-state index is -0.510. The molecule has 0 radical (unpaired) electrons. The average molecular weight is 486 g/mol. The van der Waals surface area contributed by atoms with Gasteiger partial charge < -0.3 is 15.3 Å². The molecule has 1 atom stereocenters. The van der Waals surface area contributed by atoms with E-state index in [4.69, 9.17) is 4.98 Å². The summed E-state index contributed by atoms with van der Waals surface area (Å²) < 4.78 is 2.08. The molecule has 0 bridgehead atoms. The standard InChI is InChI=1S/C28H35N7O/c1-4-25-32-26-27(30-19-31-28(26)35(25)22-10-6-5-7-11-22)29-17-23(36)18-33-13-15-34(16-14-33)24-12-8-9-20(2)21(24)3/h5-12,19,23,36H,4,13-18H2,1-3H3,(H,29,30,31). The van der Waals surface area contributed by atoms with Crippen LogP contribution in [-0.4, -0.2) is 74.9 Å². The molecule has 188 valence electrons. The monoisotopic (exact) mass is 485 g/mol. The molecule has 1 aliphatic rings. The quantitative estimate of drug-likeness (QED) is 0.395. The van der Waals surface area contributed by atoms with Crippen LogP contribution in [0.4, 0.5) is 11.5 Å². The van der Waals surface area contributed by atoms with Crippen LogP contribution in [0.25, 0.3) is 16.9 Å². The van der Waals surface area contributed by atoms with Gasteiger partial charge >= 0.3 is 0 Å². The molecule has 1 unspecified atom stereocenters. The molecule has 0 saturated carbocycles. The lowest BCUT2D eigenvalue weighted by Gasteiger charge is -2.37. The molecular formula is C28H35N7O. The Morgan fingerprint density at radius 2 is 1.75 bits per heavy atom. The number of nitrogens with one attached hydrogen (secondary N) is 1. The van der Waals surface area contributed by atoms with Crippen molar-refractivity contribution >= 4 is 22.7 Å². The number of para-hydroxylation sites is 1. The van der Waals surface area contributed by atoms with Gasteiger partial charge in [0.15, 0.2) is 17.0 Å². The number of benzene rings is 2. The fourth-order valence-electron chi connectivity index (χ4n) is 4.98. The Bertz CT molecular complexity index is 1310. The SMILES string of the molecule is CCc1nc2c(NCC(O)CN3CCN(c4cccc(C)c4C)CC3)ncnc2n1-c1ccccc1. The van der Waals surface area contributed by atoms with E-state index >= 15 is 0 Å². The number of hydrogen-bond donors (Lipinski definition) is 2. The van der Waals surface area contributed by atoms with Gasteiger partial charge in [-0.25, -0.2) is 15.0 Å². The Morgan fingerprint density at radius 3 is 2.50 bits per heavy atom. The zero-order valence-corrected chi connectivity index (χ0v) is 21.4. The molecule has 4 aromatic rings. The van der Waals surface area contributed by atoms with E-state index in [0.29, 0.717) is 18.9 Å². The number of aliphatic hydroxyl groups is 1. The van der Waals surface area contributed by atoms with Gasteiger partial charge in [0, 0.05) is 57.1 Å². The summed E-state index contributed by atoms with van der Waals surface area (Å²) in [5, 5.41) is 14.1. The Morgan fingerprint density at radius 1 is 0.972 bits per heavy atom. The second-order valence-electron chi connectivity index (χ2n) is 9.49. The Kier molecular flexibility index (Phi) is 7.16. The van der Waals surface area contributed by atoms with Crippen molar-refractivity contribution in [2.45, 2.75) is 33.3 Å². The number of aliphatic hydroxyl groups excluding tert-OH is 1. The topological polar surface area (TPSA) is 82.3 Å². The highest BCUT2D eigenvalue weighted by molar-refractivity contribution is 5.84. The van der Waals surface area contributed by atoms with Crippen molar-refractivity contribution in [3.63, 3.8) is 0 Å². The molecule has 2 aromatic heterocycles. The molecule has 1 fully saturated rings. The Balaban J connectivity index is 1.21. The lowest BCUT2D eigenvalue weighted by Crippen LogP contribution is -2.49. The summed E-state index contributed by atoms with van der Waals surface area (Å²) >= 11 is 0. The molecule has 5 rings (SSSR count). The van der Waals surface area contributed by atoms with E-state index in [1.165, 1.54) is 16.8 Å². The molecule has 8 heteroatoms. The first-order valence-electron chi connectivity index (χ1n) is 12.8. The third-order valence-electron chi connectivity index (χ3n) is 7.11. The molecule has 0 amide bonds. The lowest BCUT2D eigenvalue weighted by atomic mass is 10.1. The van der Waals surface area contributed by atoms with Crippen molar-refractivity contribution in [3.05, 3.63) is 71.8 Å². The summed E-state index contributed by atoms with van der Waals surface area (Å²) in [4.78, 5) is 18.6. The molecule has 1 aliphatic heterocycles. The van der Waals surface area contributed by atoms with Crippen LogP contribution in [0, 0.1) is 13.8 Å². The highest BCUT2D eigenvalue weighted by atomic mass is 16.3. The van der Waals surface area contributed by atoms with Gasteiger partial charge in [0.05, 0.1) is 6.10 Å². The second kappa shape index (κ2) is 10.6. The van der Waals surface area contributed by atoms with Crippen LogP contribution in [0.3, 0.4) is 0 Å². The van der Waals surface area contributed by atoms with E-state index in [-0.39, 0.29) is 0 Å². The van der Waals surface area contributed by atoms with Gasteiger partial charge in [-0.3, -0.25) is 9.47 Å². The van der Waals surface area contributed by atoms with E-state index in [9.17, 15) is 5.11 Å². The van der Waals surface area contributed by atoms with Gasteiger partial charge in [-0.1, -0.05) is 37.3 Å². The number of nitrogens with zero attached hydrogens (tertiary/aromatic N) is 6. The first-order chi connectivity index (χ1) is 17.5. The average Bonchev–Trinajstić information content (AvgIpc) is 3.29. The third kappa shape index (κ3) is 4.92. The van der Waals surface area contributed by atoms with Crippen LogP contribution in [-0.2, 0) is 6.42 Å². The summed E-state index contributed by atoms with van der Waals surface area (Å²) in [7, 11) is 0. The number of β-amino-alcohol motifs (C(OH)–C–C–N with tert-alkyl or cyclic N) is 1. The first-order valence-corrected chi connectivity index (χ1v) is 12.8. The van der Waals surface area contributed by atoms with Crippen LogP contribution in [0.1, 0.15) is 23.9 Å². The minimum Gasteiger partial charge on any atom is -0.390 e. The molecule has 36 heavy (non-hydrogen) atoms. The van der Waals surface area contributed by atoms with Crippen LogP contribution in [0.2, 0.25) is 0 Å². The van der Waals surface area contributed by atoms with Crippen LogP contribution >= 0.6 is 0 Å². The van der Waals surface area contributed by atoms with E-state index < -0.39 is 6.10 Å². The van der Waals surface area contributed by atoms with Crippen LogP contribution in [0.5, 0.6) is 0 Å². The number of rotatable bonds is 8. The van der Waals surface area contributed by atoms with Crippen molar-refractivity contribution in [2.75, 3.05) is 49.5 Å². The number of aryl methyl sites for hydroxylation is 2. The molecule has 0 spiro atoms. The lowest BCUT2D eigenvalue weighted by molar-refractivity contribution is 0.118. The van der Waals surface area contributed by atoms with Crippen LogP contribution < -0.4 is 10.2 Å². The summed E-state index contributed by atoms with van der Waals surface area (Å²) in [6.45, 7) is 11.3. The first kappa shape index (κ1) is 24.2. The summed E-state index contributed by atoms with van der Waals surface area (Å²) in [6.07, 6.45) is 1.83. The fraction of sp³-hybridized carbons (Fsp3) is 0.393. The predicted octanol–water partition coefficient (Wildman–Crippen LogP) is 3.59. The largest absolute Gasteiger partial charge is 0.390 e. The van der Waals surface area contributed by atoms with E-state index in [0.717, 1.165) is 55.3 Å². The van der Waals surface area contributed by atoms with Gasteiger partial charge in [0.1, 0.15) is 12.2 Å². The number of anilines is 2. The molecule has 8 nitrogen and oxygen atoms in total. The number of imidazole rings is 1. The summed E-state index contributed by atoms with van der Waals surface area (Å²) in [5.74, 6) is 1.59. The van der Waals surface area contributed by atoms with Crippen molar-refractivity contribution in [3.8, 4) is 5.69 Å². The van der Waals surface area contributed by atoms with Gasteiger partial charge in [-0.2, -0.15) is 0 Å². The maximum absolute atomic E-state index is 10.8. The number of piperazine rings is 1. The molecule has 1 saturated heterocycles. The Hall–Kier alpha value is -3.49. The fourth-order valence-corrected chi connectivity index (χ4v) is 4.98. The maximum Gasteiger partial charge on any atom is 0.170 e. The highest BCUT2D eigenvalue weighted by Gasteiger charge is 2.21. The highest BCUT2D eigenvalue weighted by Crippen LogP contribution is 2.25. The van der Waals surface area contributed by atoms with Crippen molar-refractivity contribution < 1.29 is 5.11 Å².